The number of carbonyl (C=O) groups is 1. The average molecular weight is 355 g/mol. The van der Waals surface area contributed by atoms with E-state index in [9.17, 15) is 9.90 Å². The molecule has 0 spiro atoms. The molecule has 0 amide bonds. The molecule has 2 N–H and O–H groups in total. The predicted octanol–water partition coefficient (Wildman–Crippen LogP) is 2.31. The fraction of sp³-hybridized carbons (Fsp3) is 0.381. The number of hydrogen-bond donors (Lipinski definition) is 2. The van der Waals surface area contributed by atoms with Crippen LogP contribution in [0.2, 0.25) is 0 Å². The summed E-state index contributed by atoms with van der Waals surface area (Å²) in [6.07, 6.45) is 0. The van der Waals surface area contributed by atoms with Crippen molar-refractivity contribution in [2.45, 2.75) is 18.7 Å². The molecular weight excluding hydrogens is 330 g/mol. The molecule has 1 heterocycles. The Balaban J connectivity index is 1.75. The number of nitrogens with one attached hydrogen (secondary N) is 1. The number of aliphatic hydroxyl groups is 1. The van der Waals surface area contributed by atoms with Gasteiger partial charge in [-0.2, -0.15) is 0 Å². The Hall–Kier alpha value is -2.21. The van der Waals surface area contributed by atoms with Crippen molar-refractivity contribution >= 4 is 5.97 Å². The number of hydrogen-bond acceptors (Lipinski definition) is 5. The van der Waals surface area contributed by atoms with Crippen LogP contribution in [-0.4, -0.2) is 37.4 Å². The maximum absolute atomic E-state index is 12.5. The Kier molecular flexibility index (Phi) is 6.39. The van der Waals surface area contributed by atoms with E-state index in [2.05, 4.69) is 5.32 Å². The molecule has 2 aromatic rings. The van der Waals surface area contributed by atoms with E-state index in [1.54, 1.807) is 0 Å². The van der Waals surface area contributed by atoms with Crippen LogP contribution in [0.15, 0.2) is 60.7 Å². The number of benzene rings is 2. The zero-order chi connectivity index (χ0) is 18.4. The van der Waals surface area contributed by atoms with Gasteiger partial charge in [-0.05, 0) is 11.1 Å². The summed E-state index contributed by atoms with van der Waals surface area (Å²) >= 11 is 0. The number of ether oxygens (including phenoxy) is 2. The lowest BCUT2D eigenvalue weighted by molar-refractivity contribution is -0.148. The van der Waals surface area contributed by atoms with Crippen LogP contribution in [0.1, 0.15) is 17.2 Å². The van der Waals surface area contributed by atoms with Gasteiger partial charge in [-0.15, -0.1) is 0 Å². The van der Waals surface area contributed by atoms with Crippen LogP contribution >= 0.6 is 0 Å². The maximum atomic E-state index is 12.5. The predicted molar refractivity (Wildman–Crippen MR) is 98.3 cm³/mol. The fourth-order valence-electron chi connectivity index (χ4n) is 3.66. The summed E-state index contributed by atoms with van der Waals surface area (Å²) in [4.78, 5) is 12.5. The highest BCUT2D eigenvalue weighted by Crippen LogP contribution is 2.38. The van der Waals surface area contributed by atoms with Crippen molar-refractivity contribution in [3.8, 4) is 0 Å². The Morgan fingerprint density at radius 1 is 1.08 bits per heavy atom. The molecule has 26 heavy (non-hydrogen) atoms. The van der Waals surface area contributed by atoms with Gasteiger partial charge in [0.25, 0.3) is 0 Å². The van der Waals surface area contributed by atoms with Gasteiger partial charge in [-0.1, -0.05) is 60.7 Å². The highest BCUT2D eigenvalue weighted by molar-refractivity contribution is 5.74. The SMILES string of the molecule is COC(=O)[C@H]1[C@H](COCc2ccccc2)[C@@H](CO)N[C@H]1c1ccccc1. The summed E-state index contributed by atoms with van der Waals surface area (Å²) < 4.78 is 10.9. The Morgan fingerprint density at radius 3 is 2.35 bits per heavy atom. The van der Waals surface area contributed by atoms with E-state index in [1.807, 2.05) is 60.7 Å². The number of methoxy groups -OCH3 is 1. The molecule has 3 rings (SSSR count). The van der Waals surface area contributed by atoms with Crippen molar-refractivity contribution in [1.82, 2.24) is 5.32 Å². The Morgan fingerprint density at radius 2 is 1.73 bits per heavy atom. The van der Waals surface area contributed by atoms with Crippen LogP contribution in [0, 0.1) is 11.8 Å². The van der Waals surface area contributed by atoms with Crippen molar-refractivity contribution < 1.29 is 19.4 Å². The van der Waals surface area contributed by atoms with Gasteiger partial charge in [0, 0.05) is 18.0 Å². The van der Waals surface area contributed by atoms with Crippen LogP contribution in [0.4, 0.5) is 0 Å². The molecule has 5 nitrogen and oxygen atoms in total. The summed E-state index contributed by atoms with van der Waals surface area (Å²) in [7, 11) is 1.40. The third-order valence-electron chi connectivity index (χ3n) is 4.98. The first-order valence-corrected chi connectivity index (χ1v) is 8.86. The second-order valence-corrected chi connectivity index (χ2v) is 6.56. The Bertz CT molecular complexity index is 692. The van der Waals surface area contributed by atoms with Gasteiger partial charge < -0.3 is 19.9 Å². The van der Waals surface area contributed by atoms with Crippen molar-refractivity contribution in [3.05, 3.63) is 71.8 Å². The second-order valence-electron chi connectivity index (χ2n) is 6.56. The van der Waals surface area contributed by atoms with Gasteiger partial charge in [-0.3, -0.25) is 4.79 Å². The summed E-state index contributed by atoms with van der Waals surface area (Å²) in [5.74, 6) is -0.854. The van der Waals surface area contributed by atoms with Gasteiger partial charge in [0.1, 0.15) is 0 Å². The fourth-order valence-corrected chi connectivity index (χ4v) is 3.66. The van der Waals surface area contributed by atoms with Gasteiger partial charge in [0.05, 0.1) is 32.8 Å². The van der Waals surface area contributed by atoms with Gasteiger partial charge in [0.15, 0.2) is 0 Å². The lowest BCUT2D eigenvalue weighted by atomic mass is 9.85. The first-order valence-electron chi connectivity index (χ1n) is 8.86. The molecule has 1 aliphatic heterocycles. The molecule has 0 bridgehead atoms. The summed E-state index contributed by atoms with van der Waals surface area (Å²) in [5, 5.41) is 13.2. The molecule has 0 aromatic heterocycles. The van der Waals surface area contributed by atoms with Crippen LogP contribution in [-0.2, 0) is 20.9 Å². The minimum absolute atomic E-state index is 0.0593. The minimum Gasteiger partial charge on any atom is -0.469 e. The topological polar surface area (TPSA) is 67.8 Å². The molecule has 0 aliphatic carbocycles. The van der Waals surface area contributed by atoms with Crippen LogP contribution in [0.25, 0.3) is 0 Å². The molecule has 1 fully saturated rings. The number of esters is 1. The third-order valence-corrected chi connectivity index (χ3v) is 4.98. The van der Waals surface area contributed by atoms with E-state index in [0.717, 1.165) is 11.1 Å². The number of carbonyl (C=O) groups excluding carboxylic acids is 1. The van der Waals surface area contributed by atoms with Gasteiger partial charge in [0.2, 0.25) is 0 Å². The third kappa shape index (κ3) is 4.12. The van der Waals surface area contributed by atoms with Crippen LogP contribution < -0.4 is 5.32 Å². The van der Waals surface area contributed by atoms with E-state index < -0.39 is 5.92 Å². The Labute approximate surface area is 153 Å². The monoisotopic (exact) mass is 355 g/mol. The summed E-state index contributed by atoms with van der Waals surface area (Å²) in [6.45, 7) is 0.784. The molecule has 1 saturated heterocycles. The molecule has 2 aromatic carbocycles. The number of rotatable bonds is 7. The normalized spacial score (nSPS) is 25.2. The zero-order valence-corrected chi connectivity index (χ0v) is 14.9. The molecule has 5 heteroatoms. The minimum atomic E-state index is -0.407. The highest BCUT2D eigenvalue weighted by Gasteiger charge is 2.47. The van der Waals surface area contributed by atoms with Crippen molar-refractivity contribution in [3.63, 3.8) is 0 Å². The van der Waals surface area contributed by atoms with Crippen molar-refractivity contribution in [2.75, 3.05) is 20.3 Å². The molecule has 0 unspecified atom stereocenters. The molecule has 1 aliphatic rings. The van der Waals surface area contributed by atoms with Gasteiger partial charge in [-0.25, -0.2) is 0 Å². The maximum Gasteiger partial charge on any atom is 0.311 e. The van der Waals surface area contributed by atoms with Crippen LogP contribution in [0.5, 0.6) is 0 Å². The average Bonchev–Trinajstić information content (AvgIpc) is 3.07. The zero-order valence-electron chi connectivity index (χ0n) is 14.9. The summed E-state index contributed by atoms with van der Waals surface area (Å²) in [6, 6.07) is 19.3. The molecule has 4 atom stereocenters. The van der Waals surface area contributed by atoms with E-state index in [0.29, 0.717) is 13.2 Å². The quantitative estimate of drug-likeness (QED) is 0.746. The second kappa shape index (κ2) is 8.94. The number of aliphatic hydroxyl groups excluding tert-OH is 1. The first kappa shape index (κ1) is 18.6. The standard InChI is InChI=1S/C21H25NO4/c1-25-21(24)19-17(14-26-13-15-8-4-2-5-9-15)18(12-23)22-20(19)16-10-6-3-7-11-16/h2-11,17-20,22-23H,12-14H2,1H3/t17-,18-,19+,20+/m1/s1. The van der Waals surface area contributed by atoms with E-state index >= 15 is 0 Å². The van der Waals surface area contributed by atoms with Crippen molar-refractivity contribution in [2.24, 2.45) is 11.8 Å². The van der Waals surface area contributed by atoms with E-state index in [1.165, 1.54) is 7.11 Å². The lowest BCUT2D eigenvalue weighted by Gasteiger charge is -2.23. The van der Waals surface area contributed by atoms with E-state index in [4.69, 9.17) is 9.47 Å². The largest absolute Gasteiger partial charge is 0.469 e. The summed E-state index contributed by atoms with van der Waals surface area (Å²) in [5.41, 5.74) is 2.08. The van der Waals surface area contributed by atoms with Crippen molar-refractivity contribution in [1.29, 1.82) is 0 Å². The van der Waals surface area contributed by atoms with Crippen LogP contribution in [0.3, 0.4) is 0 Å². The highest BCUT2D eigenvalue weighted by atomic mass is 16.5. The smallest absolute Gasteiger partial charge is 0.311 e. The van der Waals surface area contributed by atoms with E-state index in [-0.39, 0.29) is 30.6 Å². The molecule has 0 radical (unpaired) electrons. The molecular formula is C21H25NO4. The first-order chi connectivity index (χ1) is 12.7. The lowest BCUT2D eigenvalue weighted by Crippen LogP contribution is -2.35. The van der Waals surface area contributed by atoms with Gasteiger partial charge >= 0.3 is 5.97 Å². The molecule has 138 valence electrons. The molecule has 0 saturated carbocycles.